The molecule has 1 aromatic rings. The van der Waals surface area contributed by atoms with Crippen LogP contribution in [0.3, 0.4) is 0 Å². The van der Waals surface area contributed by atoms with Gasteiger partial charge in [-0.25, -0.2) is 0 Å². The van der Waals surface area contributed by atoms with Crippen LogP contribution in [-0.4, -0.2) is 74.6 Å². The number of ether oxygens (including phenoxy) is 1. The number of amides is 2. The molecule has 2 heterocycles. The van der Waals surface area contributed by atoms with Gasteiger partial charge in [-0.2, -0.15) is 0 Å². The van der Waals surface area contributed by atoms with Crippen LogP contribution in [0.2, 0.25) is 0 Å². The number of furan rings is 1. The van der Waals surface area contributed by atoms with Crippen LogP contribution in [0.5, 0.6) is 0 Å². The fourth-order valence-electron chi connectivity index (χ4n) is 3.14. The van der Waals surface area contributed by atoms with Crippen LogP contribution in [0.25, 0.3) is 0 Å². The van der Waals surface area contributed by atoms with Crippen molar-refractivity contribution in [2.45, 2.75) is 32.1 Å². The molecule has 1 aromatic heterocycles. The zero-order valence-corrected chi connectivity index (χ0v) is 15.7. The maximum absolute atomic E-state index is 12.5. The quantitative estimate of drug-likeness (QED) is 0.605. The molecular weight excluding hydrogens is 334 g/mol. The van der Waals surface area contributed by atoms with E-state index in [0.717, 1.165) is 26.1 Å². The largest absolute Gasteiger partial charge is 0.472 e. The van der Waals surface area contributed by atoms with Crippen LogP contribution >= 0.6 is 0 Å². The van der Waals surface area contributed by atoms with E-state index in [0.29, 0.717) is 38.2 Å². The van der Waals surface area contributed by atoms with Crippen LogP contribution in [0.15, 0.2) is 23.0 Å². The maximum atomic E-state index is 12.5. The first-order valence-corrected chi connectivity index (χ1v) is 9.50. The number of carbonyl (C=O) groups is 2. The summed E-state index contributed by atoms with van der Waals surface area (Å²) < 4.78 is 10.1. The van der Waals surface area contributed by atoms with E-state index in [1.807, 2.05) is 0 Å². The summed E-state index contributed by atoms with van der Waals surface area (Å²) in [5.41, 5.74) is 0.507. The molecule has 146 valence electrons. The number of carbonyl (C=O) groups excluding carboxylic acids is 2. The van der Waals surface area contributed by atoms with Crippen molar-refractivity contribution in [3.05, 3.63) is 24.2 Å². The van der Waals surface area contributed by atoms with Crippen LogP contribution in [0, 0.1) is 0 Å². The second kappa shape index (κ2) is 11.7. The number of nitrogens with zero attached hydrogens (tertiary/aromatic N) is 2. The Morgan fingerprint density at radius 1 is 1.27 bits per heavy atom. The lowest BCUT2D eigenvalue weighted by atomic mass is 10.1. The fourth-order valence-corrected chi connectivity index (χ4v) is 3.14. The minimum absolute atomic E-state index is 0.0151. The normalized spacial score (nSPS) is 15.0. The standard InChI is InChI=1S/C19H31N3O4/c1-25-14-5-11-22(19(24)17-7-15-26-16-17)12-6-18(23)20-8-13-21-9-3-2-4-10-21/h7,15-16H,2-6,8-14H2,1H3,(H,20,23). The average molecular weight is 365 g/mol. The number of nitrogens with one attached hydrogen (secondary N) is 1. The van der Waals surface area contributed by atoms with Gasteiger partial charge >= 0.3 is 0 Å². The van der Waals surface area contributed by atoms with Gasteiger partial charge in [0.1, 0.15) is 6.26 Å². The highest BCUT2D eigenvalue weighted by Gasteiger charge is 2.18. The molecule has 0 unspecified atom stereocenters. The second-order valence-electron chi connectivity index (χ2n) is 6.65. The monoisotopic (exact) mass is 365 g/mol. The fraction of sp³-hybridized carbons (Fsp3) is 0.684. The van der Waals surface area contributed by atoms with Crippen molar-refractivity contribution in [3.8, 4) is 0 Å². The van der Waals surface area contributed by atoms with E-state index in [2.05, 4.69) is 10.2 Å². The minimum Gasteiger partial charge on any atom is -0.472 e. The van der Waals surface area contributed by atoms with E-state index in [4.69, 9.17) is 9.15 Å². The molecule has 0 atom stereocenters. The maximum Gasteiger partial charge on any atom is 0.257 e. The summed E-state index contributed by atoms with van der Waals surface area (Å²) in [5.74, 6) is -0.130. The number of piperidine rings is 1. The van der Waals surface area contributed by atoms with Gasteiger partial charge in [0.05, 0.1) is 11.8 Å². The Bertz CT molecular complexity index is 527. The number of methoxy groups -OCH3 is 1. The van der Waals surface area contributed by atoms with Gasteiger partial charge < -0.3 is 24.3 Å². The van der Waals surface area contributed by atoms with Crippen LogP contribution < -0.4 is 5.32 Å². The lowest BCUT2D eigenvalue weighted by molar-refractivity contribution is -0.121. The van der Waals surface area contributed by atoms with Crippen LogP contribution in [-0.2, 0) is 9.53 Å². The van der Waals surface area contributed by atoms with Gasteiger partial charge in [0.15, 0.2) is 0 Å². The van der Waals surface area contributed by atoms with Gasteiger partial charge in [-0.3, -0.25) is 9.59 Å². The number of hydrogen-bond donors (Lipinski definition) is 1. The Labute approximate surface area is 155 Å². The molecule has 0 aromatic carbocycles. The first kappa shape index (κ1) is 20.5. The smallest absolute Gasteiger partial charge is 0.257 e. The molecular formula is C19H31N3O4. The molecule has 1 N–H and O–H groups in total. The average Bonchev–Trinajstić information content (AvgIpc) is 3.19. The lowest BCUT2D eigenvalue weighted by Crippen LogP contribution is -2.39. The Kier molecular flexibility index (Phi) is 9.20. The summed E-state index contributed by atoms with van der Waals surface area (Å²) >= 11 is 0. The Balaban J connectivity index is 1.72. The summed E-state index contributed by atoms with van der Waals surface area (Å²) in [6.07, 6.45) is 7.76. The van der Waals surface area contributed by atoms with Crippen molar-refractivity contribution in [2.75, 3.05) is 53.0 Å². The first-order chi connectivity index (χ1) is 12.7. The van der Waals surface area contributed by atoms with Gasteiger partial charge in [-0.1, -0.05) is 6.42 Å². The zero-order valence-electron chi connectivity index (χ0n) is 15.7. The van der Waals surface area contributed by atoms with E-state index >= 15 is 0 Å². The van der Waals surface area contributed by atoms with Gasteiger partial charge in [-0.15, -0.1) is 0 Å². The molecule has 2 rings (SSSR count). The summed E-state index contributed by atoms with van der Waals surface area (Å²) in [7, 11) is 1.64. The van der Waals surface area contributed by atoms with Crippen LogP contribution in [0.4, 0.5) is 0 Å². The topological polar surface area (TPSA) is 75.0 Å². The molecule has 7 nitrogen and oxygen atoms in total. The summed E-state index contributed by atoms with van der Waals surface area (Å²) in [6, 6.07) is 1.64. The second-order valence-corrected chi connectivity index (χ2v) is 6.65. The molecule has 1 aliphatic heterocycles. The molecule has 26 heavy (non-hydrogen) atoms. The molecule has 1 fully saturated rings. The summed E-state index contributed by atoms with van der Waals surface area (Å²) in [5, 5.41) is 2.96. The van der Waals surface area contributed by atoms with Gasteiger partial charge in [0.25, 0.3) is 5.91 Å². The molecule has 1 saturated heterocycles. The van der Waals surface area contributed by atoms with Crippen molar-refractivity contribution in [1.82, 2.24) is 15.1 Å². The predicted octanol–water partition coefficient (Wildman–Crippen LogP) is 1.75. The highest BCUT2D eigenvalue weighted by atomic mass is 16.5. The molecule has 0 saturated carbocycles. The third kappa shape index (κ3) is 7.17. The van der Waals surface area contributed by atoms with Crippen molar-refractivity contribution in [2.24, 2.45) is 0 Å². The molecule has 0 radical (unpaired) electrons. The van der Waals surface area contributed by atoms with Gasteiger partial charge in [0, 0.05) is 46.3 Å². The van der Waals surface area contributed by atoms with Gasteiger partial charge in [-0.05, 0) is 38.4 Å². The lowest BCUT2D eigenvalue weighted by Gasteiger charge is -2.26. The third-order valence-electron chi connectivity index (χ3n) is 4.64. The van der Waals surface area contributed by atoms with E-state index in [1.54, 1.807) is 18.1 Å². The van der Waals surface area contributed by atoms with Crippen molar-refractivity contribution in [1.29, 1.82) is 0 Å². The van der Waals surface area contributed by atoms with E-state index in [1.165, 1.54) is 31.8 Å². The molecule has 0 bridgehead atoms. The predicted molar refractivity (Wildman–Crippen MR) is 99.0 cm³/mol. The zero-order chi connectivity index (χ0) is 18.6. The SMILES string of the molecule is COCCCN(CCC(=O)NCCN1CCCCC1)C(=O)c1ccoc1. The molecule has 0 aliphatic carbocycles. The Morgan fingerprint density at radius 2 is 2.08 bits per heavy atom. The number of rotatable bonds is 11. The first-order valence-electron chi connectivity index (χ1n) is 9.50. The van der Waals surface area contributed by atoms with Gasteiger partial charge in [0.2, 0.25) is 5.91 Å². The number of likely N-dealkylation sites (tertiary alicyclic amines) is 1. The van der Waals surface area contributed by atoms with E-state index in [-0.39, 0.29) is 11.8 Å². The van der Waals surface area contributed by atoms with E-state index in [9.17, 15) is 9.59 Å². The highest BCUT2D eigenvalue weighted by Crippen LogP contribution is 2.08. The Morgan fingerprint density at radius 3 is 2.77 bits per heavy atom. The van der Waals surface area contributed by atoms with E-state index < -0.39 is 0 Å². The molecule has 2 amide bonds. The minimum atomic E-state index is -0.115. The van der Waals surface area contributed by atoms with Crippen molar-refractivity contribution in [3.63, 3.8) is 0 Å². The third-order valence-corrected chi connectivity index (χ3v) is 4.64. The van der Waals surface area contributed by atoms with Crippen LogP contribution in [0.1, 0.15) is 42.5 Å². The molecule has 0 spiro atoms. The molecule has 7 heteroatoms. The van der Waals surface area contributed by atoms with Crippen molar-refractivity contribution >= 4 is 11.8 Å². The highest BCUT2D eigenvalue weighted by molar-refractivity contribution is 5.94. The van der Waals surface area contributed by atoms with Crippen molar-refractivity contribution < 1.29 is 18.7 Å². The Hall–Kier alpha value is -1.86. The molecule has 1 aliphatic rings. The summed E-state index contributed by atoms with van der Waals surface area (Å²) in [4.78, 5) is 28.7. The summed E-state index contributed by atoms with van der Waals surface area (Å²) in [6.45, 7) is 5.35. The number of hydrogen-bond acceptors (Lipinski definition) is 5.